The van der Waals surface area contributed by atoms with Crippen LogP contribution in [0.1, 0.15) is 59.7 Å². The highest BCUT2D eigenvalue weighted by Gasteiger charge is 2.24. The van der Waals surface area contributed by atoms with Crippen molar-refractivity contribution in [3.8, 4) is 6.07 Å². The lowest BCUT2D eigenvalue weighted by Gasteiger charge is -2.15. The van der Waals surface area contributed by atoms with Gasteiger partial charge in [-0.15, -0.1) is 0 Å². The van der Waals surface area contributed by atoms with Crippen LogP contribution in [-0.2, 0) is 11.2 Å². The number of hydrogen-bond acceptors (Lipinski definition) is 4. The summed E-state index contributed by atoms with van der Waals surface area (Å²) in [5, 5.41) is 9.01. The lowest BCUT2D eigenvalue weighted by molar-refractivity contribution is 0.0518. The quantitative estimate of drug-likeness (QED) is 0.719. The van der Waals surface area contributed by atoms with Gasteiger partial charge >= 0.3 is 5.97 Å². The maximum atomic E-state index is 12.3. The second-order valence-electron chi connectivity index (χ2n) is 5.79. The number of ether oxygens (including phenoxy) is 1. The van der Waals surface area contributed by atoms with Gasteiger partial charge in [-0.05, 0) is 66.9 Å². The standard InChI is InChI=1S/C18H20BrN3O2/c1-5-24-17(23)16-15(22(11(2)3)18(19)21-16)9-14-7-6-13(10-20)8-12(14)4/h6-8,11H,5,9H2,1-4H3. The number of nitriles is 1. The van der Waals surface area contributed by atoms with Crippen molar-refractivity contribution in [2.75, 3.05) is 6.61 Å². The molecule has 1 aromatic heterocycles. The third kappa shape index (κ3) is 3.68. The lowest BCUT2D eigenvalue weighted by Crippen LogP contribution is -2.13. The molecule has 1 heterocycles. The molecule has 0 aliphatic rings. The Balaban J connectivity index is 2.51. The Morgan fingerprint density at radius 1 is 1.46 bits per heavy atom. The zero-order chi connectivity index (χ0) is 17.9. The van der Waals surface area contributed by atoms with Crippen molar-refractivity contribution < 1.29 is 9.53 Å². The van der Waals surface area contributed by atoms with Gasteiger partial charge in [-0.3, -0.25) is 0 Å². The largest absolute Gasteiger partial charge is 0.461 e. The summed E-state index contributed by atoms with van der Waals surface area (Å²) in [4.78, 5) is 16.6. The van der Waals surface area contributed by atoms with Crippen molar-refractivity contribution in [1.29, 1.82) is 5.26 Å². The molecule has 0 saturated heterocycles. The van der Waals surface area contributed by atoms with Gasteiger partial charge in [0.25, 0.3) is 0 Å². The second-order valence-corrected chi connectivity index (χ2v) is 6.50. The Labute approximate surface area is 150 Å². The maximum absolute atomic E-state index is 12.3. The molecule has 0 N–H and O–H groups in total. The van der Waals surface area contributed by atoms with Gasteiger partial charge in [0, 0.05) is 12.5 Å². The molecular weight excluding hydrogens is 370 g/mol. The van der Waals surface area contributed by atoms with E-state index >= 15 is 0 Å². The number of rotatable bonds is 5. The fourth-order valence-corrected chi connectivity index (χ4v) is 3.44. The number of aryl methyl sites for hydroxylation is 1. The molecule has 0 amide bonds. The molecule has 2 aromatic rings. The van der Waals surface area contributed by atoms with Crippen molar-refractivity contribution in [3.63, 3.8) is 0 Å². The van der Waals surface area contributed by atoms with Crippen LogP contribution in [0.5, 0.6) is 0 Å². The van der Waals surface area contributed by atoms with Crippen molar-refractivity contribution in [2.24, 2.45) is 0 Å². The van der Waals surface area contributed by atoms with Crippen LogP contribution < -0.4 is 0 Å². The average Bonchev–Trinajstić information content (AvgIpc) is 2.86. The fraction of sp³-hybridized carbons (Fsp3) is 0.389. The number of esters is 1. The number of benzene rings is 1. The van der Waals surface area contributed by atoms with E-state index in [1.54, 1.807) is 13.0 Å². The highest BCUT2D eigenvalue weighted by atomic mass is 79.9. The smallest absolute Gasteiger partial charge is 0.358 e. The summed E-state index contributed by atoms with van der Waals surface area (Å²) >= 11 is 3.44. The van der Waals surface area contributed by atoms with Gasteiger partial charge < -0.3 is 9.30 Å². The van der Waals surface area contributed by atoms with Crippen LogP contribution in [0, 0.1) is 18.3 Å². The molecule has 0 radical (unpaired) electrons. The van der Waals surface area contributed by atoms with Crippen LogP contribution in [0.3, 0.4) is 0 Å². The zero-order valence-electron chi connectivity index (χ0n) is 14.3. The predicted octanol–water partition coefficient (Wildman–Crippen LogP) is 4.17. The minimum atomic E-state index is -0.418. The molecule has 0 spiro atoms. The first-order valence-corrected chi connectivity index (χ1v) is 8.61. The summed E-state index contributed by atoms with van der Waals surface area (Å²) in [6, 6.07) is 7.85. The Kier molecular flexibility index (Phi) is 5.79. The molecule has 6 heteroatoms. The Hall–Kier alpha value is -2.13. The number of hydrogen-bond donors (Lipinski definition) is 0. The molecule has 0 atom stereocenters. The van der Waals surface area contributed by atoms with E-state index in [2.05, 4.69) is 27.0 Å². The number of aromatic nitrogens is 2. The minimum Gasteiger partial charge on any atom is -0.461 e. The normalized spacial score (nSPS) is 10.7. The first-order chi connectivity index (χ1) is 11.4. The maximum Gasteiger partial charge on any atom is 0.358 e. The van der Waals surface area contributed by atoms with Crippen molar-refractivity contribution in [2.45, 2.75) is 40.2 Å². The third-order valence-electron chi connectivity index (χ3n) is 3.78. The number of nitrogens with zero attached hydrogens (tertiary/aromatic N) is 3. The molecule has 0 saturated carbocycles. The predicted molar refractivity (Wildman–Crippen MR) is 95.0 cm³/mol. The van der Waals surface area contributed by atoms with E-state index in [0.29, 0.717) is 29.0 Å². The molecule has 0 bridgehead atoms. The molecule has 24 heavy (non-hydrogen) atoms. The molecule has 126 valence electrons. The van der Waals surface area contributed by atoms with E-state index in [0.717, 1.165) is 16.8 Å². The zero-order valence-corrected chi connectivity index (χ0v) is 15.8. The van der Waals surface area contributed by atoms with Crippen LogP contribution in [0.4, 0.5) is 0 Å². The van der Waals surface area contributed by atoms with Gasteiger partial charge in [0.1, 0.15) is 0 Å². The van der Waals surface area contributed by atoms with Gasteiger partial charge in [0.15, 0.2) is 10.4 Å². The van der Waals surface area contributed by atoms with Gasteiger partial charge in [0.2, 0.25) is 0 Å². The number of imidazole rings is 1. The Bertz CT molecular complexity index is 803. The molecule has 5 nitrogen and oxygen atoms in total. The van der Waals surface area contributed by atoms with Crippen molar-refractivity contribution in [1.82, 2.24) is 9.55 Å². The number of carbonyl (C=O) groups is 1. The Morgan fingerprint density at radius 2 is 2.17 bits per heavy atom. The van der Waals surface area contributed by atoms with Crippen LogP contribution in [-0.4, -0.2) is 22.1 Å². The summed E-state index contributed by atoms with van der Waals surface area (Å²) in [5.74, 6) is -0.418. The minimum absolute atomic E-state index is 0.142. The highest BCUT2D eigenvalue weighted by molar-refractivity contribution is 9.10. The topological polar surface area (TPSA) is 67.9 Å². The molecule has 1 aromatic carbocycles. The molecule has 0 fully saturated rings. The highest BCUT2D eigenvalue weighted by Crippen LogP contribution is 2.26. The third-order valence-corrected chi connectivity index (χ3v) is 4.34. The summed E-state index contributed by atoms with van der Waals surface area (Å²) in [6.07, 6.45) is 0.544. The van der Waals surface area contributed by atoms with Gasteiger partial charge in [0.05, 0.1) is 23.9 Å². The first kappa shape index (κ1) is 18.2. The molecule has 0 unspecified atom stereocenters. The molecule has 0 aliphatic carbocycles. The lowest BCUT2D eigenvalue weighted by atomic mass is 10.0. The molecule has 2 rings (SSSR count). The van der Waals surface area contributed by atoms with Crippen LogP contribution in [0.2, 0.25) is 0 Å². The van der Waals surface area contributed by atoms with Crippen molar-refractivity contribution in [3.05, 3.63) is 51.0 Å². The number of halogens is 1. The average molecular weight is 390 g/mol. The van der Waals surface area contributed by atoms with E-state index in [1.807, 2.05) is 37.5 Å². The molecule has 0 aliphatic heterocycles. The van der Waals surface area contributed by atoms with Gasteiger partial charge in [-0.1, -0.05) is 6.07 Å². The van der Waals surface area contributed by atoms with Crippen LogP contribution in [0.25, 0.3) is 0 Å². The van der Waals surface area contributed by atoms with Gasteiger partial charge in [-0.2, -0.15) is 5.26 Å². The first-order valence-electron chi connectivity index (χ1n) is 7.82. The Morgan fingerprint density at radius 3 is 2.71 bits per heavy atom. The van der Waals surface area contributed by atoms with E-state index in [9.17, 15) is 4.79 Å². The summed E-state index contributed by atoms with van der Waals surface area (Å²) in [7, 11) is 0. The van der Waals surface area contributed by atoms with E-state index in [4.69, 9.17) is 10.00 Å². The summed E-state index contributed by atoms with van der Waals surface area (Å²) in [6.45, 7) is 8.12. The fourth-order valence-electron chi connectivity index (χ4n) is 2.64. The second kappa shape index (κ2) is 7.63. The van der Waals surface area contributed by atoms with Crippen molar-refractivity contribution >= 4 is 21.9 Å². The van der Waals surface area contributed by atoms with E-state index in [-0.39, 0.29) is 6.04 Å². The van der Waals surface area contributed by atoms with E-state index in [1.165, 1.54) is 0 Å². The summed E-state index contributed by atoms with van der Waals surface area (Å²) in [5.41, 5.74) is 3.83. The van der Waals surface area contributed by atoms with Gasteiger partial charge in [-0.25, -0.2) is 9.78 Å². The number of carbonyl (C=O) groups excluding carboxylic acids is 1. The monoisotopic (exact) mass is 389 g/mol. The SMILES string of the molecule is CCOC(=O)c1nc(Br)n(C(C)C)c1Cc1ccc(C#N)cc1C. The molecular formula is C18H20BrN3O2. The van der Waals surface area contributed by atoms with Crippen LogP contribution in [0.15, 0.2) is 22.9 Å². The summed E-state index contributed by atoms with van der Waals surface area (Å²) < 4.78 is 7.75. The van der Waals surface area contributed by atoms with E-state index < -0.39 is 5.97 Å². The van der Waals surface area contributed by atoms with Crippen LogP contribution >= 0.6 is 15.9 Å².